The molecule has 3 heterocycles. The first-order valence-corrected chi connectivity index (χ1v) is 9.15. The Kier molecular flexibility index (Phi) is 4.51. The van der Waals surface area contributed by atoms with Crippen LogP contribution in [0.5, 0.6) is 0 Å². The average molecular weight is 351 g/mol. The second kappa shape index (κ2) is 6.82. The van der Waals surface area contributed by atoms with E-state index in [1.54, 1.807) is 6.20 Å². The number of benzene rings is 1. The maximum atomic E-state index is 12.6. The Morgan fingerprint density at radius 1 is 1.27 bits per heavy atom. The van der Waals surface area contributed by atoms with Crippen molar-refractivity contribution >= 4 is 5.91 Å². The molecule has 0 saturated carbocycles. The van der Waals surface area contributed by atoms with Crippen LogP contribution in [-0.4, -0.2) is 59.1 Å². The molecule has 0 N–H and O–H groups in total. The minimum absolute atomic E-state index is 0.0124. The Morgan fingerprint density at radius 2 is 2.04 bits per heavy atom. The van der Waals surface area contributed by atoms with Gasteiger partial charge in [0.05, 0.1) is 19.7 Å². The van der Waals surface area contributed by atoms with Crippen molar-refractivity contribution in [2.24, 2.45) is 0 Å². The molecule has 136 valence electrons. The molecule has 1 aromatic carbocycles. The maximum absolute atomic E-state index is 12.6. The molecule has 1 amide bonds. The number of carbonyl (C=O) groups is 1. The van der Waals surface area contributed by atoms with E-state index in [0.29, 0.717) is 24.8 Å². The molecule has 2 aliphatic rings. The SMILES string of the molecule is Cc1cccnc1C(=O)N1CC2(CC(N(C)Cc3ccccc3)CO2)C1. The van der Waals surface area contributed by atoms with E-state index in [2.05, 4.69) is 41.2 Å². The average Bonchev–Trinajstić information content (AvgIpc) is 3.07. The Bertz CT molecular complexity index is 787. The van der Waals surface area contributed by atoms with Gasteiger partial charge in [0.2, 0.25) is 0 Å². The lowest BCUT2D eigenvalue weighted by molar-refractivity contribution is -0.0952. The molecule has 2 fully saturated rings. The van der Waals surface area contributed by atoms with Gasteiger partial charge in [-0.3, -0.25) is 14.7 Å². The number of likely N-dealkylation sites (N-methyl/N-ethyl adjacent to an activating group) is 1. The van der Waals surface area contributed by atoms with Gasteiger partial charge in [-0.05, 0) is 37.6 Å². The number of ether oxygens (including phenoxy) is 1. The van der Waals surface area contributed by atoms with Gasteiger partial charge >= 0.3 is 0 Å². The highest BCUT2D eigenvalue weighted by atomic mass is 16.5. The number of carbonyl (C=O) groups excluding carboxylic acids is 1. The third-order valence-electron chi connectivity index (χ3n) is 5.54. The first-order valence-electron chi connectivity index (χ1n) is 9.15. The van der Waals surface area contributed by atoms with E-state index in [-0.39, 0.29) is 11.5 Å². The molecule has 2 saturated heterocycles. The molecule has 4 rings (SSSR count). The summed E-state index contributed by atoms with van der Waals surface area (Å²) in [6.07, 6.45) is 2.65. The molecular formula is C21H25N3O2. The first-order chi connectivity index (χ1) is 12.6. The number of hydrogen-bond acceptors (Lipinski definition) is 4. The quantitative estimate of drug-likeness (QED) is 0.849. The molecule has 26 heavy (non-hydrogen) atoms. The van der Waals surface area contributed by atoms with Gasteiger partial charge in [-0.2, -0.15) is 0 Å². The zero-order chi connectivity index (χ0) is 18.1. The minimum Gasteiger partial charge on any atom is -0.370 e. The highest BCUT2D eigenvalue weighted by Crippen LogP contribution is 2.37. The number of aromatic nitrogens is 1. The molecule has 5 nitrogen and oxygen atoms in total. The smallest absolute Gasteiger partial charge is 0.272 e. The molecule has 1 spiro atoms. The van der Waals surface area contributed by atoms with Crippen LogP contribution in [0.3, 0.4) is 0 Å². The molecule has 2 aliphatic heterocycles. The fourth-order valence-electron chi connectivity index (χ4n) is 3.98. The number of hydrogen-bond donors (Lipinski definition) is 0. The predicted molar refractivity (Wildman–Crippen MR) is 99.9 cm³/mol. The Labute approximate surface area is 154 Å². The normalized spacial score (nSPS) is 21.2. The summed E-state index contributed by atoms with van der Waals surface area (Å²) in [6.45, 7) is 4.90. The monoisotopic (exact) mass is 351 g/mol. The number of aryl methyl sites for hydroxylation is 1. The summed E-state index contributed by atoms with van der Waals surface area (Å²) in [5.41, 5.74) is 2.62. The molecule has 0 bridgehead atoms. The summed E-state index contributed by atoms with van der Waals surface area (Å²) in [5.74, 6) is 0.0124. The summed E-state index contributed by atoms with van der Waals surface area (Å²) >= 11 is 0. The van der Waals surface area contributed by atoms with Gasteiger partial charge in [0.1, 0.15) is 11.3 Å². The third-order valence-corrected chi connectivity index (χ3v) is 5.54. The highest BCUT2D eigenvalue weighted by Gasteiger charge is 2.52. The summed E-state index contributed by atoms with van der Waals surface area (Å²) in [5, 5.41) is 0. The number of likely N-dealkylation sites (tertiary alicyclic amines) is 1. The van der Waals surface area contributed by atoms with E-state index >= 15 is 0 Å². The van der Waals surface area contributed by atoms with Gasteiger partial charge in [-0.25, -0.2) is 0 Å². The van der Waals surface area contributed by atoms with Crippen molar-refractivity contribution in [3.8, 4) is 0 Å². The van der Waals surface area contributed by atoms with E-state index in [1.807, 2.05) is 30.0 Å². The van der Waals surface area contributed by atoms with Crippen LogP contribution >= 0.6 is 0 Å². The van der Waals surface area contributed by atoms with Gasteiger partial charge in [-0.1, -0.05) is 36.4 Å². The lowest BCUT2D eigenvalue weighted by Gasteiger charge is -2.47. The fourth-order valence-corrected chi connectivity index (χ4v) is 3.98. The minimum atomic E-state index is -0.173. The van der Waals surface area contributed by atoms with Crippen molar-refractivity contribution in [1.82, 2.24) is 14.8 Å². The van der Waals surface area contributed by atoms with Crippen LogP contribution in [0.25, 0.3) is 0 Å². The van der Waals surface area contributed by atoms with Crippen molar-refractivity contribution in [2.75, 3.05) is 26.7 Å². The number of amides is 1. The Morgan fingerprint density at radius 3 is 2.77 bits per heavy atom. The Hall–Kier alpha value is -2.24. The molecule has 0 radical (unpaired) electrons. The lowest BCUT2D eigenvalue weighted by atomic mass is 9.88. The second-order valence-corrected chi connectivity index (χ2v) is 7.58. The van der Waals surface area contributed by atoms with Crippen LogP contribution in [0.4, 0.5) is 0 Å². The molecule has 5 heteroatoms. The lowest BCUT2D eigenvalue weighted by Crippen LogP contribution is -2.63. The van der Waals surface area contributed by atoms with Crippen LogP contribution in [0.1, 0.15) is 28.0 Å². The summed E-state index contributed by atoms with van der Waals surface area (Å²) in [6, 6.07) is 14.7. The van der Waals surface area contributed by atoms with E-state index in [0.717, 1.165) is 25.1 Å². The largest absolute Gasteiger partial charge is 0.370 e. The number of nitrogens with zero attached hydrogens (tertiary/aromatic N) is 3. The summed E-state index contributed by atoms with van der Waals surface area (Å²) in [4.78, 5) is 21.1. The maximum Gasteiger partial charge on any atom is 0.272 e. The van der Waals surface area contributed by atoms with Crippen molar-refractivity contribution in [3.63, 3.8) is 0 Å². The molecule has 1 atom stereocenters. The molecule has 1 unspecified atom stereocenters. The summed E-state index contributed by atoms with van der Waals surface area (Å²) in [7, 11) is 2.15. The van der Waals surface area contributed by atoms with E-state index < -0.39 is 0 Å². The topological polar surface area (TPSA) is 45.7 Å². The van der Waals surface area contributed by atoms with Gasteiger partial charge in [0, 0.05) is 18.8 Å². The van der Waals surface area contributed by atoms with Crippen LogP contribution in [-0.2, 0) is 11.3 Å². The zero-order valence-corrected chi connectivity index (χ0v) is 15.4. The standard InChI is InChI=1S/C21H25N3O2/c1-16-7-6-10-22-19(16)20(25)24-14-21(15-24)11-18(13-26-21)23(2)12-17-8-4-3-5-9-17/h3-10,18H,11-15H2,1-2H3. The van der Waals surface area contributed by atoms with E-state index in [4.69, 9.17) is 4.74 Å². The van der Waals surface area contributed by atoms with Crippen LogP contribution in [0, 0.1) is 6.92 Å². The first kappa shape index (κ1) is 17.2. The van der Waals surface area contributed by atoms with Gasteiger partial charge in [0.15, 0.2) is 0 Å². The molecule has 1 aromatic heterocycles. The van der Waals surface area contributed by atoms with Gasteiger partial charge in [-0.15, -0.1) is 0 Å². The zero-order valence-electron chi connectivity index (χ0n) is 15.4. The Balaban J connectivity index is 1.34. The third kappa shape index (κ3) is 3.24. The van der Waals surface area contributed by atoms with E-state index in [9.17, 15) is 4.79 Å². The van der Waals surface area contributed by atoms with Crippen LogP contribution in [0.15, 0.2) is 48.7 Å². The molecular weight excluding hydrogens is 326 g/mol. The summed E-state index contributed by atoms with van der Waals surface area (Å²) < 4.78 is 6.14. The molecule has 2 aromatic rings. The highest BCUT2D eigenvalue weighted by molar-refractivity contribution is 5.94. The number of pyridine rings is 1. The van der Waals surface area contributed by atoms with Crippen LogP contribution in [0.2, 0.25) is 0 Å². The van der Waals surface area contributed by atoms with Crippen molar-refractivity contribution in [1.29, 1.82) is 0 Å². The van der Waals surface area contributed by atoms with Gasteiger partial charge in [0.25, 0.3) is 5.91 Å². The van der Waals surface area contributed by atoms with E-state index in [1.165, 1.54) is 5.56 Å². The van der Waals surface area contributed by atoms with Crippen molar-refractivity contribution in [2.45, 2.75) is 31.5 Å². The van der Waals surface area contributed by atoms with Crippen molar-refractivity contribution in [3.05, 3.63) is 65.5 Å². The fraction of sp³-hybridized carbons (Fsp3) is 0.429. The molecule has 0 aliphatic carbocycles. The second-order valence-electron chi connectivity index (χ2n) is 7.58. The van der Waals surface area contributed by atoms with Gasteiger partial charge < -0.3 is 9.64 Å². The van der Waals surface area contributed by atoms with Crippen LogP contribution < -0.4 is 0 Å². The van der Waals surface area contributed by atoms with Crippen molar-refractivity contribution < 1.29 is 9.53 Å². The number of rotatable bonds is 4. The predicted octanol–water partition coefficient (Wildman–Crippen LogP) is 2.51.